The number of carbonyl (C=O) groups is 2. The zero-order chi connectivity index (χ0) is 19.7. The number of nitriles is 1. The molecule has 0 unspecified atom stereocenters. The minimum absolute atomic E-state index is 0.00304. The second-order valence-corrected chi connectivity index (χ2v) is 6.60. The van der Waals surface area contributed by atoms with Crippen LogP contribution in [0.4, 0.5) is 11.4 Å². The van der Waals surface area contributed by atoms with Crippen LogP contribution in [0.3, 0.4) is 0 Å². The standard InChI is InChI=1S/C21H17N5O2/c1-14-13-26(17-6-4-15(11-22)5-7-17)21(28)19-18(8-10-25(14)19)20(27)24-16-3-2-9-23-12-16/h2-10,12,14H,13H2,1H3,(H,24,27)/t14-/m0/s1. The quantitative estimate of drug-likeness (QED) is 0.765. The van der Waals surface area contributed by atoms with E-state index in [9.17, 15) is 9.59 Å². The Morgan fingerprint density at radius 1 is 1.25 bits per heavy atom. The van der Waals surface area contributed by atoms with Crippen LogP contribution in [-0.4, -0.2) is 27.9 Å². The number of nitrogens with one attached hydrogen (secondary N) is 1. The highest BCUT2D eigenvalue weighted by atomic mass is 16.2. The molecule has 0 bridgehead atoms. The molecule has 0 fully saturated rings. The van der Waals surface area contributed by atoms with E-state index in [1.807, 2.05) is 11.5 Å². The fraction of sp³-hybridized carbons (Fsp3) is 0.143. The third-order valence-corrected chi connectivity index (χ3v) is 4.76. The van der Waals surface area contributed by atoms with Gasteiger partial charge in [-0.2, -0.15) is 5.26 Å². The molecular weight excluding hydrogens is 354 g/mol. The van der Waals surface area contributed by atoms with Crippen LogP contribution in [0.2, 0.25) is 0 Å². The van der Waals surface area contributed by atoms with Crippen molar-refractivity contribution in [3.8, 4) is 6.07 Å². The summed E-state index contributed by atoms with van der Waals surface area (Å²) in [5, 5.41) is 11.7. The number of amides is 2. The first-order valence-corrected chi connectivity index (χ1v) is 8.82. The van der Waals surface area contributed by atoms with Gasteiger partial charge in [0.25, 0.3) is 11.8 Å². The number of hydrogen-bond acceptors (Lipinski definition) is 4. The Bertz CT molecular complexity index is 1080. The van der Waals surface area contributed by atoms with Gasteiger partial charge in [-0.25, -0.2) is 0 Å². The number of aromatic nitrogens is 2. The fourth-order valence-corrected chi connectivity index (χ4v) is 3.36. The Balaban J connectivity index is 1.67. The fourth-order valence-electron chi connectivity index (χ4n) is 3.36. The van der Waals surface area contributed by atoms with Gasteiger partial charge in [0.15, 0.2) is 0 Å². The molecule has 0 saturated carbocycles. The van der Waals surface area contributed by atoms with Crippen molar-refractivity contribution in [2.45, 2.75) is 13.0 Å². The van der Waals surface area contributed by atoms with Crippen LogP contribution in [-0.2, 0) is 0 Å². The van der Waals surface area contributed by atoms with Crippen LogP contribution < -0.4 is 10.2 Å². The topological polar surface area (TPSA) is 91.0 Å². The molecular formula is C21H17N5O2. The average molecular weight is 371 g/mol. The third kappa shape index (κ3) is 3.01. The van der Waals surface area contributed by atoms with Gasteiger partial charge in [-0.1, -0.05) is 0 Å². The molecule has 2 amide bonds. The SMILES string of the molecule is C[C@H]1CN(c2ccc(C#N)cc2)C(=O)c2c(C(=O)Nc3cccnc3)ccn21. The lowest BCUT2D eigenvalue weighted by molar-refractivity contribution is 0.0942. The largest absolute Gasteiger partial charge is 0.338 e. The maximum absolute atomic E-state index is 13.2. The van der Waals surface area contributed by atoms with E-state index >= 15 is 0 Å². The summed E-state index contributed by atoms with van der Waals surface area (Å²) in [5.41, 5.74) is 2.46. The molecule has 138 valence electrons. The molecule has 1 N–H and O–H groups in total. The minimum Gasteiger partial charge on any atom is -0.338 e. The van der Waals surface area contributed by atoms with Gasteiger partial charge in [0, 0.05) is 30.7 Å². The predicted molar refractivity (Wildman–Crippen MR) is 104 cm³/mol. The van der Waals surface area contributed by atoms with Crippen LogP contribution in [0.15, 0.2) is 61.1 Å². The van der Waals surface area contributed by atoms with Crippen molar-refractivity contribution < 1.29 is 9.59 Å². The number of benzene rings is 1. The van der Waals surface area contributed by atoms with Crippen molar-refractivity contribution in [2.24, 2.45) is 0 Å². The molecule has 7 nitrogen and oxygen atoms in total. The van der Waals surface area contributed by atoms with Crippen LogP contribution in [0.1, 0.15) is 39.4 Å². The van der Waals surface area contributed by atoms with Crippen LogP contribution in [0, 0.1) is 11.3 Å². The lowest BCUT2D eigenvalue weighted by atomic mass is 10.1. The Hall–Kier alpha value is -3.92. The molecule has 28 heavy (non-hydrogen) atoms. The van der Waals surface area contributed by atoms with Gasteiger partial charge in [-0.05, 0) is 49.4 Å². The molecule has 0 radical (unpaired) electrons. The van der Waals surface area contributed by atoms with Crippen LogP contribution in [0.5, 0.6) is 0 Å². The number of hydrogen-bond donors (Lipinski definition) is 1. The molecule has 7 heteroatoms. The van der Waals surface area contributed by atoms with Crippen molar-refractivity contribution in [3.63, 3.8) is 0 Å². The van der Waals surface area contributed by atoms with Crippen molar-refractivity contribution in [1.82, 2.24) is 9.55 Å². The molecule has 2 aromatic heterocycles. The zero-order valence-electron chi connectivity index (χ0n) is 15.2. The van der Waals surface area contributed by atoms with E-state index in [1.54, 1.807) is 66.0 Å². The number of rotatable bonds is 3. The summed E-state index contributed by atoms with van der Waals surface area (Å²) in [7, 11) is 0. The monoisotopic (exact) mass is 371 g/mol. The minimum atomic E-state index is -0.357. The maximum Gasteiger partial charge on any atom is 0.275 e. The molecule has 0 spiro atoms. The van der Waals surface area contributed by atoms with Gasteiger partial charge in [-0.15, -0.1) is 0 Å². The lowest BCUT2D eigenvalue weighted by Crippen LogP contribution is -2.43. The molecule has 3 heterocycles. The van der Waals surface area contributed by atoms with Crippen molar-refractivity contribution in [1.29, 1.82) is 5.26 Å². The normalized spacial score (nSPS) is 15.6. The van der Waals surface area contributed by atoms with Gasteiger partial charge in [0.1, 0.15) is 5.69 Å². The highest BCUT2D eigenvalue weighted by Gasteiger charge is 2.34. The lowest BCUT2D eigenvalue weighted by Gasteiger charge is -2.33. The number of nitrogens with zero attached hydrogens (tertiary/aromatic N) is 4. The summed E-state index contributed by atoms with van der Waals surface area (Å²) in [6.07, 6.45) is 4.94. The van der Waals surface area contributed by atoms with E-state index in [4.69, 9.17) is 5.26 Å². The average Bonchev–Trinajstić information content (AvgIpc) is 3.18. The third-order valence-electron chi connectivity index (χ3n) is 4.76. The molecule has 3 aromatic rings. The first-order chi connectivity index (χ1) is 13.6. The number of anilines is 2. The van der Waals surface area contributed by atoms with Gasteiger partial charge in [0.2, 0.25) is 0 Å². The highest BCUT2D eigenvalue weighted by Crippen LogP contribution is 2.29. The summed E-state index contributed by atoms with van der Waals surface area (Å²) in [6, 6.07) is 14.1. The van der Waals surface area contributed by atoms with Crippen molar-refractivity contribution in [3.05, 3.63) is 77.9 Å². The summed E-state index contributed by atoms with van der Waals surface area (Å²) in [6.45, 7) is 2.48. The van der Waals surface area contributed by atoms with Gasteiger partial charge >= 0.3 is 0 Å². The van der Waals surface area contributed by atoms with E-state index in [2.05, 4.69) is 16.4 Å². The second kappa shape index (κ2) is 7.00. The van der Waals surface area contributed by atoms with Gasteiger partial charge in [-0.3, -0.25) is 14.6 Å². The molecule has 1 aliphatic heterocycles. The summed E-state index contributed by atoms with van der Waals surface area (Å²) in [4.78, 5) is 31.6. The van der Waals surface area contributed by atoms with E-state index < -0.39 is 0 Å². The van der Waals surface area contributed by atoms with E-state index in [1.165, 1.54) is 0 Å². The maximum atomic E-state index is 13.2. The molecule has 1 aromatic carbocycles. The van der Waals surface area contributed by atoms with E-state index in [0.29, 0.717) is 34.7 Å². The summed E-state index contributed by atoms with van der Waals surface area (Å²) in [5.74, 6) is -0.604. The van der Waals surface area contributed by atoms with Crippen molar-refractivity contribution in [2.75, 3.05) is 16.8 Å². The Morgan fingerprint density at radius 3 is 2.71 bits per heavy atom. The Labute approximate surface area is 161 Å². The molecule has 1 atom stereocenters. The van der Waals surface area contributed by atoms with Crippen LogP contribution >= 0.6 is 0 Å². The first kappa shape index (κ1) is 17.5. The summed E-state index contributed by atoms with van der Waals surface area (Å²) >= 11 is 0. The van der Waals surface area contributed by atoms with Crippen LogP contribution in [0.25, 0.3) is 0 Å². The molecule has 4 rings (SSSR count). The molecule has 0 saturated heterocycles. The number of carbonyl (C=O) groups excluding carboxylic acids is 2. The second-order valence-electron chi connectivity index (χ2n) is 6.60. The molecule has 1 aliphatic rings. The van der Waals surface area contributed by atoms with E-state index in [0.717, 1.165) is 0 Å². The predicted octanol–water partition coefficient (Wildman–Crippen LogP) is 3.23. The number of fused-ring (bicyclic) bond motifs is 1. The first-order valence-electron chi connectivity index (χ1n) is 8.82. The number of pyridine rings is 1. The summed E-state index contributed by atoms with van der Waals surface area (Å²) < 4.78 is 1.83. The Morgan fingerprint density at radius 2 is 2.04 bits per heavy atom. The highest BCUT2D eigenvalue weighted by molar-refractivity contribution is 6.16. The van der Waals surface area contributed by atoms with Gasteiger partial charge in [0.05, 0.1) is 29.1 Å². The zero-order valence-corrected chi connectivity index (χ0v) is 15.2. The van der Waals surface area contributed by atoms with Gasteiger partial charge < -0.3 is 14.8 Å². The Kier molecular flexibility index (Phi) is 4.38. The van der Waals surface area contributed by atoms with E-state index in [-0.39, 0.29) is 17.9 Å². The molecule has 0 aliphatic carbocycles. The van der Waals surface area contributed by atoms with Crippen molar-refractivity contribution >= 4 is 23.2 Å². The smallest absolute Gasteiger partial charge is 0.275 e.